The fraction of sp³-hybridized carbons (Fsp3) is 0.286. The van der Waals surface area contributed by atoms with Gasteiger partial charge >= 0.3 is 0 Å². The maximum absolute atomic E-state index is 13.7. The molecule has 3 rings (SSSR count). The second-order valence-corrected chi connectivity index (χ2v) is 10.4. The molecule has 3 aromatic carbocycles. The molecule has 0 bridgehead atoms. The van der Waals surface area contributed by atoms with Crippen LogP contribution in [0, 0.1) is 0 Å². The molecule has 1 atom stereocenters. The van der Waals surface area contributed by atoms with Gasteiger partial charge in [0.15, 0.2) is 0 Å². The van der Waals surface area contributed by atoms with Gasteiger partial charge in [0, 0.05) is 13.1 Å². The summed E-state index contributed by atoms with van der Waals surface area (Å²) in [6, 6.07) is 25.1. The average molecular weight is 508 g/mol. The highest BCUT2D eigenvalue weighted by atomic mass is 32.2. The number of nitrogens with zero attached hydrogens (tertiary/aromatic N) is 2. The van der Waals surface area contributed by atoms with Crippen LogP contribution in [-0.4, -0.2) is 44.3 Å². The van der Waals surface area contributed by atoms with E-state index >= 15 is 0 Å². The van der Waals surface area contributed by atoms with Crippen LogP contribution in [0.3, 0.4) is 0 Å². The third kappa shape index (κ3) is 6.95. The summed E-state index contributed by atoms with van der Waals surface area (Å²) < 4.78 is 28.3. The summed E-state index contributed by atoms with van der Waals surface area (Å²) in [4.78, 5) is 28.1. The Labute approximate surface area is 213 Å². The van der Waals surface area contributed by atoms with Gasteiger partial charge in [0.25, 0.3) is 10.0 Å². The summed E-state index contributed by atoms with van der Waals surface area (Å²) in [5, 5.41) is 2.88. The van der Waals surface area contributed by atoms with Gasteiger partial charge in [0.1, 0.15) is 12.6 Å². The first kappa shape index (κ1) is 26.9. The third-order valence-electron chi connectivity index (χ3n) is 5.85. The number of amides is 2. The molecule has 2 amide bonds. The molecule has 0 aliphatic carbocycles. The molecule has 0 fully saturated rings. The normalized spacial score (nSPS) is 11.9. The SMILES string of the molecule is CCCCNC(=O)[C@H](C)N(Cc1ccccc1)C(=O)CN(c1ccccc1)S(=O)(=O)c1ccccc1. The van der Waals surface area contributed by atoms with Crippen molar-refractivity contribution in [3.05, 3.63) is 96.6 Å². The molecule has 1 N–H and O–H groups in total. The average Bonchev–Trinajstić information content (AvgIpc) is 2.91. The minimum Gasteiger partial charge on any atom is -0.354 e. The molecule has 0 unspecified atom stereocenters. The molecule has 0 radical (unpaired) electrons. The molecule has 0 aliphatic heterocycles. The van der Waals surface area contributed by atoms with Gasteiger partial charge in [-0.25, -0.2) is 8.42 Å². The number of carbonyl (C=O) groups is 2. The molecule has 0 spiro atoms. The Morgan fingerprint density at radius 1 is 0.861 bits per heavy atom. The fourth-order valence-corrected chi connectivity index (χ4v) is 5.18. The van der Waals surface area contributed by atoms with E-state index in [2.05, 4.69) is 5.32 Å². The first-order valence-corrected chi connectivity index (χ1v) is 13.5. The van der Waals surface area contributed by atoms with Crippen molar-refractivity contribution in [1.29, 1.82) is 0 Å². The number of para-hydroxylation sites is 1. The van der Waals surface area contributed by atoms with Crippen molar-refractivity contribution in [3.8, 4) is 0 Å². The maximum Gasteiger partial charge on any atom is 0.264 e. The van der Waals surface area contributed by atoms with E-state index in [1.807, 2.05) is 37.3 Å². The Morgan fingerprint density at radius 2 is 1.42 bits per heavy atom. The molecule has 0 aliphatic rings. The van der Waals surface area contributed by atoms with Crippen molar-refractivity contribution in [3.63, 3.8) is 0 Å². The predicted octanol–water partition coefficient (Wildman–Crippen LogP) is 4.22. The number of benzene rings is 3. The van der Waals surface area contributed by atoms with E-state index in [1.165, 1.54) is 17.0 Å². The van der Waals surface area contributed by atoms with Gasteiger partial charge in [-0.2, -0.15) is 0 Å². The number of anilines is 1. The molecule has 8 heteroatoms. The smallest absolute Gasteiger partial charge is 0.264 e. The van der Waals surface area contributed by atoms with Crippen LogP contribution in [0.15, 0.2) is 95.9 Å². The van der Waals surface area contributed by atoms with Crippen LogP contribution >= 0.6 is 0 Å². The highest BCUT2D eigenvalue weighted by molar-refractivity contribution is 7.92. The quantitative estimate of drug-likeness (QED) is 0.372. The lowest BCUT2D eigenvalue weighted by molar-refractivity contribution is -0.139. The van der Waals surface area contributed by atoms with Crippen LogP contribution in [0.25, 0.3) is 0 Å². The van der Waals surface area contributed by atoms with Gasteiger partial charge in [-0.1, -0.05) is 80.1 Å². The van der Waals surface area contributed by atoms with Crippen LogP contribution in [0.5, 0.6) is 0 Å². The van der Waals surface area contributed by atoms with Crippen LogP contribution in [0.2, 0.25) is 0 Å². The lowest BCUT2D eigenvalue weighted by atomic mass is 10.1. The van der Waals surface area contributed by atoms with E-state index in [9.17, 15) is 18.0 Å². The minimum absolute atomic E-state index is 0.0848. The molecular weight excluding hydrogens is 474 g/mol. The van der Waals surface area contributed by atoms with Gasteiger partial charge in [0.05, 0.1) is 10.6 Å². The van der Waals surface area contributed by atoms with E-state index in [4.69, 9.17) is 0 Å². The largest absolute Gasteiger partial charge is 0.354 e. The molecule has 190 valence electrons. The Bertz CT molecular complexity index is 1220. The fourth-order valence-electron chi connectivity index (χ4n) is 3.74. The summed E-state index contributed by atoms with van der Waals surface area (Å²) in [7, 11) is -4.03. The Morgan fingerprint density at radius 3 is 2.00 bits per heavy atom. The Balaban J connectivity index is 1.94. The zero-order valence-electron chi connectivity index (χ0n) is 20.7. The summed E-state index contributed by atoms with van der Waals surface area (Å²) in [5.41, 5.74) is 1.21. The highest BCUT2D eigenvalue weighted by Crippen LogP contribution is 2.24. The van der Waals surface area contributed by atoms with Gasteiger partial charge in [-0.05, 0) is 43.2 Å². The second-order valence-electron chi connectivity index (χ2n) is 8.49. The topological polar surface area (TPSA) is 86.8 Å². The molecule has 7 nitrogen and oxygen atoms in total. The lowest BCUT2D eigenvalue weighted by Crippen LogP contribution is -2.51. The molecule has 0 saturated heterocycles. The zero-order chi connectivity index (χ0) is 26.0. The molecular formula is C28H33N3O4S. The van der Waals surface area contributed by atoms with Gasteiger partial charge in [-0.3, -0.25) is 13.9 Å². The number of hydrogen-bond acceptors (Lipinski definition) is 4. The molecule has 3 aromatic rings. The number of carbonyl (C=O) groups excluding carboxylic acids is 2. The summed E-state index contributed by atoms with van der Waals surface area (Å²) >= 11 is 0. The van der Waals surface area contributed by atoms with E-state index in [1.54, 1.807) is 55.5 Å². The van der Waals surface area contributed by atoms with Crippen LogP contribution in [0.1, 0.15) is 32.3 Å². The number of sulfonamides is 1. The Hall–Kier alpha value is -3.65. The third-order valence-corrected chi connectivity index (χ3v) is 7.63. The van der Waals surface area contributed by atoms with Gasteiger partial charge in [0.2, 0.25) is 11.8 Å². The lowest BCUT2D eigenvalue weighted by Gasteiger charge is -2.32. The first-order valence-electron chi connectivity index (χ1n) is 12.1. The number of rotatable bonds is 12. The standard InChI is InChI=1S/C28H33N3O4S/c1-3-4-20-29-28(33)23(2)30(21-24-14-8-5-9-15-24)27(32)22-31(25-16-10-6-11-17-25)36(34,35)26-18-12-7-13-19-26/h5-19,23H,3-4,20-22H2,1-2H3,(H,29,33)/t23-/m0/s1. The van der Waals surface area contributed by atoms with E-state index < -0.39 is 28.5 Å². The van der Waals surface area contributed by atoms with Crippen LogP contribution in [-0.2, 0) is 26.2 Å². The van der Waals surface area contributed by atoms with Crippen molar-refractivity contribution >= 4 is 27.5 Å². The van der Waals surface area contributed by atoms with Crippen LogP contribution in [0.4, 0.5) is 5.69 Å². The monoisotopic (exact) mass is 507 g/mol. The van der Waals surface area contributed by atoms with Gasteiger partial charge in [-0.15, -0.1) is 0 Å². The summed E-state index contributed by atoms with van der Waals surface area (Å²) in [6.45, 7) is 3.95. The van der Waals surface area contributed by atoms with Crippen molar-refractivity contribution in [2.45, 2.75) is 44.2 Å². The van der Waals surface area contributed by atoms with E-state index in [-0.39, 0.29) is 17.3 Å². The van der Waals surface area contributed by atoms with Crippen LogP contribution < -0.4 is 9.62 Å². The van der Waals surface area contributed by atoms with Crippen molar-refractivity contribution in [1.82, 2.24) is 10.2 Å². The molecule has 36 heavy (non-hydrogen) atoms. The molecule has 0 aromatic heterocycles. The predicted molar refractivity (Wildman–Crippen MR) is 142 cm³/mol. The van der Waals surface area contributed by atoms with Crippen molar-refractivity contribution in [2.24, 2.45) is 0 Å². The van der Waals surface area contributed by atoms with Gasteiger partial charge < -0.3 is 10.2 Å². The van der Waals surface area contributed by atoms with E-state index in [0.29, 0.717) is 12.2 Å². The first-order chi connectivity index (χ1) is 17.3. The number of nitrogens with one attached hydrogen (secondary N) is 1. The zero-order valence-corrected chi connectivity index (χ0v) is 21.5. The van der Waals surface area contributed by atoms with Crippen molar-refractivity contribution < 1.29 is 18.0 Å². The number of hydrogen-bond donors (Lipinski definition) is 1. The second kappa shape index (κ2) is 12.9. The van der Waals surface area contributed by atoms with E-state index in [0.717, 1.165) is 22.7 Å². The highest BCUT2D eigenvalue weighted by Gasteiger charge is 2.32. The maximum atomic E-state index is 13.7. The summed E-state index contributed by atoms with van der Waals surface area (Å²) in [5.74, 6) is -0.745. The molecule has 0 saturated carbocycles. The molecule has 0 heterocycles. The number of unbranched alkanes of at least 4 members (excludes halogenated alkanes) is 1. The summed E-state index contributed by atoms with van der Waals surface area (Å²) in [6.07, 6.45) is 1.77. The Kier molecular flexibility index (Phi) is 9.64. The van der Waals surface area contributed by atoms with Crippen molar-refractivity contribution in [2.75, 3.05) is 17.4 Å². The minimum atomic E-state index is -4.03.